The van der Waals surface area contributed by atoms with E-state index in [1.807, 2.05) is 24.3 Å². The number of rotatable bonds is 4. The number of aromatic nitrogens is 1. The summed E-state index contributed by atoms with van der Waals surface area (Å²) in [5.74, 6) is 0.426. The monoisotopic (exact) mass is 390 g/mol. The van der Waals surface area contributed by atoms with Crippen LogP contribution in [0.25, 0.3) is 0 Å². The number of benzene rings is 1. The van der Waals surface area contributed by atoms with Gasteiger partial charge in [-0.05, 0) is 30.3 Å². The average Bonchev–Trinajstić information content (AvgIpc) is 2.41. The first kappa shape index (κ1) is 15.6. The van der Waals surface area contributed by atoms with E-state index >= 15 is 0 Å². The smallest absolute Gasteiger partial charge is 0.235 e. The fourth-order valence-electron chi connectivity index (χ4n) is 1.35. The lowest BCUT2D eigenvalue weighted by Gasteiger charge is -2.06. The average molecular weight is 392 g/mol. The Morgan fingerprint density at radius 2 is 2.00 bits per heavy atom. The van der Waals surface area contributed by atoms with Crippen molar-refractivity contribution in [1.82, 2.24) is 4.98 Å². The molecule has 1 aromatic heterocycles. The number of anilines is 1. The predicted octanol–water partition coefficient (Wildman–Crippen LogP) is 4.88. The van der Waals surface area contributed by atoms with Crippen LogP contribution in [0.1, 0.15) is 0 Å². The molecule has 0 unspecified atom stereocenters. The van der Waals surface area contributed by atoms with Gasteiger partial charge in [-0.3, -0.25) is 4.79 Å². The number of hydrogen-bond acceptors (Lipinski definition) is 3. The largest absolute Gasteiger partial charge is 0.309 e. The summed E-state index contributed by atoms with van der Waals surface area (Å²) in [5.41, 5.74) is 0. The number of thioether (sulfide) groups is 1. The van der Waals surface area contributed by atoms with Crippen LogP contribution in [-0.4, -0.2) is 16.6 Å². The van der Waals surface area contributed by atoms with Gasteiger partial charge in [-0.1, -0.05) is 39.1 Å². The first-order valence-corrected chi connectivity index (χ1v) is 8.07. The quantitative estimate of drug-likeness (QED) is 0.755. The van der Waals surface area contributed by atoms with Gasteiger partial charge >= 0.3 is 0 Å². The number of pyridine rings is 1. The van der Waals surface area contributed by atoms with Crippen molar-refractivity contribution in [3.63, 3.8) is 0 Å². The van der Waals surface area contributed by atoms with Crippen molar-refractivity contribution in [2.75, 3.05) is 11.1 Å². The molecule has 2 rings (SSSR count). The molecule has 0 radical (unpaired) electrons. The third-order valence-corrected chi connectivity index (χ3v) is 4.28. The summed E-state index contributed by atoms with van der Waals surface area (Å²) >= 11 is 16.5. The highest BCUT2D eigenvalue weighted by molar-refractivity contribution is 9.10. The van der Waals surface area contributed by atoms with Crippen LogP contribution in [0, 0.1) is 0 Å². The molecule has 104 valence electrons. The lowest BCUT2D eigenvalue weighted by atomic mass is 10.4. The topological polar surface area (TPSA) is 42.0 Å². The molecule has 1 heterocycles. The molecule has 0 aliphatic rings. The van der Waals surface area contributed by atoms with Crippen molar-refractivity contribution in [1.29, 1.82) is 0 Å². The molecule has 20 heavy (non-hydrogen) atoms. The molecule has 0 spiro atoms. The Balaban J connectivity index is 1.90. The summed E-state index contributed by atoms with van der Waals surface area (Å²) in [7, 11) is 0. The second-order valence-electron chi connectivity index (χ2n) is 3.77. The zero-order valence-corrected chi connectivity index (χ0v) is 14.0. The number of amides is 1. The lowest BCUT2D eigenvalue weighted by Crippen LogP contribution is -2.15. The number of carbonyl (C=O) groups excluding carboxylic acids is 1. The molecule has 1 N–H and O–H groups in total. The molecule has 3 nitrogen and oxygen atoms in total. The molecule has 1 aromatic carbocycles. The van der Waals surface area contributed by atoms with E-state index in [1.165, 1.54) is 24.0 Å². The van der Waals surface area contributed by atoms with Gasteiger partial charge in [0.2, 0.25) is 5.91 Å². The zero-order valence-electron chi connectivity index (χ0n) is 10.1. The minimum atomic E-state index is -0.172. The number of nitrogens with zero attached hydrogens (tertiary/aromatic N) is 1. The van der Waals surface area contributed by atoms with Crippen molar-refractivity contribution in [2.45, 2.75) is 4.90 Å². The second kappa shape index (κ2) is 7.31. The molecule has 0 bridgehead atoms. The number of hydrogen-bond donors (Lipinski definition) is 1. The van der Waals surface area contributed by atoms with Crippen LogP contribution in [0.5, 0.6) is 0 Å². The molecular formula is C13H9BrCl2N2OS. The maximum Gasteiger partial charge on any atom is 0.235 e. The van der Waals surface area contributed by atoms with E-state index in [2.05, 4.69) is 26.2 Å². The lowest BCUT2D eigenvalue weighted by molar-refractivity contribution is -0.113. The molecule has 2 aromatic rings. The summed E-state index contributed by atoms with van der Waals surface area (Å²) in [5, 5.41) is 3.40. The summed E-state index contributed by atoms with van der Waals surface area (Å²) in [4.78, 5) is 16.8. The minimum Gasteiger partial charge on any atom is -0.309 e. The van der Waals surface area contributed by atoms with Gasteiger partial charge in [0, 0.05) is 15.6 Å². The van der Waals surface area contributed by atoms with Crippen LogP contribution in [0.15, 0.2) is 45.9 Å². The Hall–Kier alpha value is -0.750. The van der Waals surface area contributed by atoms with E-state index in [1.54, 1.807) is 0 Å². The first-order chi connectivity index (χ1) is 9.54. The van der Waals surface area contributed by atoms with E-state index in [9.17, 15) is 4.79 Å². The molecule has 0 saturated carbocycles. The molecular weight excluding hydrogens is 383 g/mol. The molecule has 1 amide bonds. The van der Waals surface area contributed by atoms with Gasteiger partial charge in [-0.2, -0.15) is 0 Å². The maximum atomic E-state index is 11.8. The van der Waals surface area contributed by atoms with E-state index < -0.39 is 0 Å². The van der Waals surface area contributed by atoms with Crippen molar-refractivity contribution < 1.29 is 4.79 Å². The van der Waals surface area contributed by atoms with Gasteiger partial charge in [0.15, 0.2) is 5.82 Å². The third-order valence-electron chi connectivity index (χ3n) is 2.25. The zero-order chi connectivity index (χ0) is 14.5. The van der Waals surface area contributed by atoms with E-state index in [0.29, 0.717) is 15.9 Å². The molecule has 0 atom stereocenters. The highest BCUT2D eigenvalue weighted by Gasteiger charge is 2.08. The van der Waals surface area contributed by atoms with Crippen molar-refractivity contribution >= 4 is 62.6 Å². The SMILES string of the molecule is O=C(CSc1ccc(Br)cc1)Nc1ncc(Cl)cc1Cl. The highest BCUT2D eigenvalue weighted by Crippen LogP contribution is 2.24. The third kappa shape index (κ3) is 4.66. The maximum absolute atomic E-state index is 11.8. The van der Waals surface area contributed by atoms with Crippen molar-refractivity contribution in [2.24, 2.45) is 0 Å². The molecule has 0 fully saturated rings. The molecule has 0 aliphatic carbocycles. The van der Waals surface area contributed by atoms with Gasteiger partial charge in [0.25, 0.3) is 0 Å². The van der Waals surface area contributed by atoms with E-state index in [4.69, 9.17) is 23.2 Å². The van der Waals surface area contributed by atoms with Crippen LogP contribution in [0.2, 0.25) is 10.0 Å². The van der Waals surface area contributed by atoms with Gasteiger partial charge in [0.05, 0.1) is 15.8 Å². The van der Waals surface area contributed by atoms with Gasteiger partial charge in [-0.15, -0.1) is 11.8 Å². The summed E-state index contributed by atoms with van der Waals surface area (Å²) < 4.78 is 1.00. The summed E-state index contributed by atoms with van der Waals surface area (Å²) in [6.45, 7) is 0. The fourth-order valence-corrected chi connectivity index (χ4v) is 2.74. The highest BCUT2D eigenvalue weighted by atomic mass is 79.9. The summed E-state index contributed by atoms with van der Waals surface area (Å²) in [6.07, 6.45) is 1.44. The number of nitrogens with one attached hydrogen (secondary N) is 1. The number of halogens is 3. The van der Waals surface area contributed by atoms with Crippen LogP contribution >= 0.6 is 50.9 Å². The van der Waals surface area contributed by atoms with Gasteiger partial charge < -0.3 is 5.32 Å². The molecule has 0 saturated heterocycles. The van der Waals surface area contributed by atoms with Crippen LogP contribution in [0.3, 0.4) is 0 Å². The second-order valence-corrected chi connectivity index (χ2v) is 6.58. The van der Waals surface area contributed by atoms with Crippen molar-refractivity contribution in [3.05, 3.63) is 51.0 Å². The van der Waals surface area contributed by atoms with Crippen LogP contribution in [0.4, 0.5) is 5.82 Å². The Bertz CT molecular complexity index is 622. The van der Waals surface area contributed by atoms with Crippen LogP contribution in [-0.2, 0) is 4.79 Å². The number of carbonyl (C=O) groups is 1. The first-order valence-electron chi connectivity index (χ1n) is 5.54. The Kier molecular flexibility index (Phi) is 5.72. The molecule has 0 aliphatic heterocycles. The van der Waals surface area contributed by atoms with Crippen LogP contribution < -0.4 is 5.32 Å². The Morgan fingerprint density at radius 3 is 2.65 bits per heavy atom. The predicted molar refractivity (Wildman–Crippen MR) is 87.8 cm³/mol. The Labute approximate surface area is 139 Å². The van der Waals surface area contributed by atoms with Gasteiger partial charge in [-0.25, -0.2) is 4.98 Å². The van der Waals surface area contributed by atoms with Crippen molar-refractivity contribution in [3.8, 4) is 0 Å². The normalized spacial score (nSPS) is 10.3. The molecule has 7 heteroatoms. The fraction of sp³-hybridized carbons (Fsp3) is 0.0769. The van der Waals surface area contributed by atoms with E-state index in [0.717, 1.165) is 9.37 Å². The minimum absolute atomic E-state index is 0.172. The van der Waals surface area contributed by atoms with E-state index in [-0.39, 0.29) is 11.7 Å². The summed E-state index contributed by atoms with van der Waals surface area (Å²) in [6, 6.07) is 9.27. The van der Waals surface area contributed by atoms with Gasteiger partial charge in [0.1, 0.15) is 0 Å². The standard InChI is InChI=1S/C13H9BrCl2N2OS/c14-8-1-3-10(4-2-8)20-7-12(19)18-13-11(16)5-9(15)6-17-13/h1-6H,7H2,(H,17,18,19). The Morgan fingerprint density at radius 1 is 1.30 bits per heavy atom.